The molecule has 2 heterocycles. The van der Waals surface area contributed by atoms with E-state index >= 15 is 0 Å². The highest BCUT2D eigenvalue weighted by molar-refractivity contribution is 4.97. The van der Waals surface area contributed by atoms with Gasteiger partial charge in [-0.2, -0.15) is 0 Å². The van der Waals surface area contributed by atoms with Crippen LogP contribution in [-0.4, -0.2) is 122 Å². The molecule has 7 unspecified atom stereocenters. The van der Waals surface area contributed by atoms with Crippen LogP contribution >= 0.6 is 0 Å². The van der Waals surface area contributed by atoms with Gasteiger partial charge in [0.2, 0.25) is 0 Å². The van der Waals surface area contributed by atoms with E-state index in [0.717, 1.165) is 0 Å². The standard InChI is InChI=1S/C21H39NO11/c1-4-9-13(25)15(27)16(28)21(30-9)33-19-8(3)5-7(2)18(17(19)29)32-20-14(26)11(22)12(24)10(6-23)31-20/h7-21,23-29H,4-6,22H2,1-3H3/t7-,8?,9?,10-,11?,12-,13-,14-,15+,16?,17-,18?,19?,20?,21-/m1/s1. The minimum atomic E-state index is -1.52. The molecule has 0 aromatic rings. The highest BCUT2D eigenvalue weighted by Crippen LogP contribution is 2.37. The van der Waals surface area contributed by atoms with Crippen molar-refractivity contribution >= 4 is 0 Å². The van der Waals surface area contributed by atoms with Crippen molar-refractivity contribution < 1.29 is 54.7 Å². The van der Waals surface area contributed by atoms with Crippen LogP contribution in [0.4, 0.5) is 0 Å². The lowest BCUT2D eigenvalue weighted by Gasteiger charge is -2.48. The first-order chi connectivity index (χ1) is 15.5. The Labute approximate surface area is 192 Å². The van der Waals surface area contributed by atoms with Crippen LogP contribution in [-0.2, 0) is 18.9 Å². The normalized spacial score (nSPS) is 53.7. The van der Waals surface area contributed by atoms with E-state index in [1.807, 2.05) is 13.8 Å². The van der Waals surface area contributed by atoms with E-state index in [-0.39, 0.29) is 11.8 Å². The summed E-state index contributed by atoms with van der Waals surface area (Å²) < 4.78 is 22.9. The first-order valence-corrected chi connectivity index (χ1v) is 11.6. The Balaban J connectivity index is 1.72. The number of aliphatic hydroxyl groups is 7. The molecule has 1 saturated carbocycles. The van der Waals surface area contributed by atoms with Crippen LogP contribution in [0.15, 0.2) is 0 Å². The van der Waals surface area contributed by atoms with E-state index < -0.39 is 86.3 Å². The fourth-order valence-electron chi connectivity index (χ4n) is 5.05. The van der Waals surface area contributed by atoms with E-state index in [2.05, 4.69) is 0 Å². The van der Waals surface area contributed by atoms with Crippen molar-refractivity contribution in [1.29, 1.82) is 0 Å². The van der Waals surface area contributed by atoms with Gasteiger partial charge in [-0.05, 0) is 24.7 Å². The second kappa shape index (κ2) is 11.1. The van der Waals surface area contributed by atoms with Crippen LogP contribution in [0.5, 0.6) is 0 Å². The van der Waals surface area contributed by atoms with Gasteiger partial charge in [0.1, 0.15) is 42.7 Å². The lowest BCUT2D eigenvalue weighted by atomic mass is 9.77. The zero-order valence-electron chi connectivity index (χ0n) is 19.1. The second-order valence-corrected chi connectivity index (χ2v) is 9.59. The number of ether oxygens (including phenoxy) is 4. The third-order valence-corrected chi connectivity index (χ3v) is 7.13. The fourth-order valence-corrected chi connectivity index (χ4v) is 5.05. The average Bonchev–Trinajstić information content (AvgIpc) is 2.79. The molecule has 0 bridgehead atoms. The smallest absolute Gasteiger partial charge is 0.186 e. The Morgan fingerprint density at radius 2 is 1.24 bits per heavy atom. The van der Waals surface area contributed by atoms with Gasteiger partial charge in [0.05, 0.1) is 31.0 Å². The Morgan fingerprint density at radius 3 is 1.76 bits per heavy atom. The molecule has 2 saturated heterocycles. The molecule has 0 aromatic heterocycles. The van der Waals surface area contributed by atoms with Crippen molar-refractivity contribution in [2.45, 2.75) is 113 Å². The third kappa shape index (κ3) is 5.37. The molecule has 194 valence electrons. The lowest BCUT2D eigenvalue weighted by molar-refractivity contribution is -0.339. The Morgan fingerprint density at radius 1 is 0.727 bits per heavy atom. The number of hydrogen-bond donors (Lipinski definition) is 8. The fraction of sp³-hybridized carbons (Fsp3) is 1.00. The van der Waals surface area contributed by atoms with Gasteiger partial charge in [-0.3, -0.25) is 0 Å². The lowest BCUT2D eigenvalue weighted by Crippen LogP contribution is -2.65. The van der Waals surface area contributed by atoms with E-state index in [9.17, 15) is 35.7 Å². The molecule has 0 amide bonds. The molecule has 12 heteroatoms. The van der Waals surface area contributed by atoms with Gasteiger partial charge in [-0.25, -0.2) is 0 Å². The average molecular weight is 482 g/mol. The summed E-state index contributed by atoms with van der Waals surface area (Å²) in [7, 11) is 0. The van der Waals surface area contributed by atoms with Gasteiger partial charge in [-0.1, -0.05) is 20.8 Å². The molecule has 0 spiro atoms. The Bertz CT molecular complexity index is 575. The summed E-state index contributed by atoms with van der Waals surface area (Å²) in [5.41, 5.74) is 5.84. The first kappa shape index (κ1) is 27.1. The minimum Gasteiger partial charge on any atom is -0.394 e. The summed E-state index contributed by atoms with van der Waals surface area (Å²) in [5.74, 6) is -0.365. The van der Waals surface area contributed by atoms with Crippen molar-refractivity contribution in [3.05, 3.63) is 0 Å². The number of hydrogen-bond acceptors (Lipinski definition) is 12. The summed E-state index contributed by atoms with van der Waals surface area (Å²) in [6.45, 7) is 4.94. The van der Waals surface area contributed by atoms with Crippen LogP contribution in [0.2, 0.25) is 0 Å². The summed E-state index contributed by atoms with van der Waals surface area (Å²) in [4.78, 5) is 0. The van der Waals surface area contributed by atoms with Crippen LogP contribution in [0, 0.1) is 11.8 Å². The maximum absolute atomic E-state index is 11.1. The predicted molar refractivity (Wildman–Crippen MR) is 111 cm³/mol. The highest BCUT2D eigenvalue weighted by Gasteiger charge is 2.51. The molecule has 1 aliphatic carbocycles. The summed E-state index contributed by atoms with van der Waals surface area (Å²) in [6.07, 6.45) is -13.3. The zero-order chi connectivity index (χ0) is 24.6. The molecule has 3 rings (SSSR count). The zero-order valence-corrected chi connectivity index (χ0v) is 19.1. The van der Waals surface area contributed by atoms with Crippen LogP contribution in [0.3, 0.4) is 0 Å². The molecular formula is C21H39NO11. The van der Waals surface area contributed by atoms with Crippen LogP contribution in [0.25, 0.3) is 0 Å². The van der Waals surface area contributed by atoms with E-state index in [0.29, 0.717) is 12.8 Å². The Hall–Kier alpha value is -0.480. The predicted octanol–water partition coefficient (Wildman–Crippen LogP) is -3.22. The molecule has 12 nitrogen and oxygen atoms in total. The molecule has 0 radical (unpaired) electrons. The summed E-state index contributed by atoms with van der Waals surface area (Å²) in [5, 5.41) is 71.6. The quantitative estimate of drug-likeness (QED) is 0.189. The van der Waals surface area contributed by atoms with E-state index in [1.165, 1.54) is 0 Å². The number of nitrogens with two attached hydrogens (primary N) is 1. The maximum atomic E-state index is 11.1. The molecular weight excluding hydrogens is 442 g/mol. The molecule has 0 aromatic carbocycles. The molecule has 9 N–H and O–H groups in total. The van der Waals surface area contributed by atoms with Crippen LogP contribution in [0.1, 0.15) is 33.6 Å². The molecule has 3 aliphatic rings. The third-order valence-electron chi connectivity index (χ3n) is 7.13. The van der Waals surface area contributed by atoms with Crippen molar-refractivity contribution in [1.82, 2.24) is 0 Å². The van der Waals surface area contributed by atoms with Gasteiger partial charge >= 0.3 is 0 Å². The van der Waals surface area contributed by atoms with Gasteiger partial charge in [0, 0.05) is 0 Å². The van der Waals surface area contributed by atoms with E-state index in [4.69, 9.17) is 24.7 Å². The topological polar surface area (TPSA) is 205 Å². The van der Waals surface area contributed by atoms with Crippen molar-refractivity contribution in [3.8, 4) is 0 Å². The maximum Gasteiger partial charge on any atom is 0.186 e. The van der Waals surface area contributed by atoms with Crippen molar-refractivity contribution in [3.63, 3.8) is 0 Å². The second-order valence-electron chi connectivity index (χ2n) is 9.59. The van der Waals surface area contributed by atoms with Crippen molar-refractivity contribution in [2.75, 3.05) is 6.61 Å². The SMILES string of the molecule is CCC1O[C@H](OC2C(C)C[C@@H](C)C(OC3O[C@H](CO)[C@@H](O)C(N)[C@H]3O)[C@H]2O)C(O)[C@@H](O)[C@@H]1O. The van der Waals surface area contributed by atoms with Gasteiger partial charge in [0.15, 0.2) is 12.6 Å². The highest BCUT2D eigenvalue weighted by atomic mass is 16.7. The number of rotatable bonds is 6. The molecule has 2 aliphatic heterocycles. The molecule has 33 heavy (non-hydrogen) atoms. The first-order valence-electron chi connectivity index (χ1n) is 11.6. The largest absolute Gasteiger partial charge is 0.394 e. The van der Waals surface area contributed by atoms with Crippen LogP contribution < -0.4 is 5.73 Å². The molecule has 3 fully saturated rings. The van der Waals surface area contributed by atoms with Gasteiger partial charge in [0.25, 0.3) is 0 Å². The number of aliphatic hydroxyl groups excluding tert-OH is 7. The monoisotopic (exact) mass is 481 g/mol. The van der Waals surface area contributed by atoms with Gasteiger partial charge < -0.3 is 60.4 Å². The van der Waals surface area contributed by atoms with Crippen molar-refractivity contribution in [2.24, 2.45) is 17.6 Å². The minimum absolute atomic E-state index is 0.179. The molecule has 15 atom stereocenters. The summed E-state index contributed by atoms with van der Waals surface area (Å²) >= 11 is 0. The van der Waals surface area contributed by atoms with Gasteiger partial charge in [-0.15, -0.1) is 0 Å². The summed E-state index contributed by atoms with van der Waals surface area (Å²) in [6, 6.07) is -1.12. The Kier molecular flexibility index (Phi) is 9.09. The van der Waals surface area contributed by atoms with E-state index in [1.54, 1.807) is 6.92 Å².